The van der Waals surface area contributed by atoms with Crippen LogP contribution in [0.2, 0.25) is 0 Å². The number of hydrogen-bond acceptors (Lipinski definition) is 2. The molecule has 2 fully saturated rings. The standard InChI is InChI=1S/C16H21NO/c18-16(10-11-17-13-8-9-13)15-7-2-1-6-14(15)12-4-3-5-12/h1-2,6-7,12-13,17H,3-5,8-11H2. The number of carbonyl (C=O) groups is 1. The highest BCUT2D eigenvalue weighted by molar-refractivity contribution is 5.97. The molecule has 0 spiro atoms. The first-order chi connectivity index (χ1) is 8.84. The van der Waals surface area contributed by atoms with Gasteiger partial charge in [0.15, 0.2) is 5.78 Å². The van der Waals surface area contributed by atoms with Gasteiger partial charge in [0, 0.05) is 24.6 Å². The summed E-state index contributed by atoms with van der Waals surface area (Å²) in [5.74, 6) is 0.951. The molecular weight excluding hydrogens is 222 g/mol. The molecule has 0 aliphatic heterocycles. The lowest BCUT2D eigenvalue weighted by Gasteiger charge is -2.27. The SMILES string of the molecule is O=C(CCNC1CC1)c1ccccc1C1CCC1. The highest BCUT2D eigenvalue weighted by Crippen LogP contribution is 2.38. The Morgan fingerprint density at radius 2 is 1.94 bits per heavy atom. The lowest BCUT2D eigenvalue weighted by Crippen LogP contribution is -2.21. The molecule has 0 unspecified atom stereocenters. The molecule has 2 heteroatoms. The van der Waals surface area contributed by atoms with Gasteiger partial charge in [0.2, 0.25) is 0 Å². The van der Waals surface area contributed by atoms with Crippen LogP contribution < -0.4 is 5.32 Å². The highest BCUT2D eigenvalue weighted by atomic mass is 16.1. The summed E-state index contributed by atoms with van der Waals surface area (Å²) in [5, 5.41) is 3.41. The largest absolute Gasteiger partial charge is 0.314 e. The van der Waals surface area contributed by atoms with E-state index in [-0.39, 0.29) is 0 Å². The normalized spacial score (nSPS) is 19.6. The first-order valence-corrected chi connectivity index (χ1v) is 7.20. The van der Waals surface area contributed by atoms with Crippen molar-refractivity contribution in [2.75, 3.05) is 6.54 Å². The molecule has 1 N–H and O–H groups in total. The zero-order valence-electron chi connectivity index (χ0n) is 10.8. The summed E-state index contributed by atoms with van der Waals surface area (Å²) in [6, 6.07) is 8.90. The third kappa shape index (κ3) is 2.64. The van der Waals surface area contributed by atoms with Crippen molar-refractivity contribution in [2.24, 2.45) is 0 Å². The Bertz CT molecular complexity index is 432. The summed E-state index contributed by atoms with van der Waals surface area (Å²) < 4.78 is 0. The van der Waals surface area contributed by atoms with E-state index in [2.05, 4.69) is 17.4 Å². The molecule has 0 radical (unpaired) electrons. The van der Waals surface area contributed by atoms with Crippen molar-refractivity contribution >= 4 is 5.78 Å². The maximum absolute atomic E-state index is 12.3. The molecule has 2 nitrogen and oxygen atoms in total. The summed E-state index contributed by atoms with van der Waals surface area (Å²) in [5.41, 5.74) is 2.26. The zero-order chi connectivity index (χ0) is 12.4. The number of rotatable bonds is 6. The molecule has 96 valence electrons. The molecular formula is C16H21NO. The number of nitrogens with one attached hydrogen (secondary N) is 1. The van der Waals surface area contributed by atoms with Crippen LogP contribution in [0.5, 0.6) is 0 Å². The zero-order valence-corrected chi connectivity index (χ0v) is 10.8. The molecule has 3 rings (SSSR count). The number of carbonyl (C=O) groups excluding carboxylic acids is 1. The lowest BCUT2D eigenvalue weighted by atomic mass is 9.77. The smallest absolute Gasteiger partial charge is 0.164 e. The Kier molecular flexibility index (Phi) is 3.46. The van der Waals surface area contributed by atoms with Gasteiger partial charge in [-0.15, -0.1) is 0 Å². The number of Topliss-reactive ketones (excluding diaryl/α,β-unsaturated/α-hetero) is 1. The van der Waals surface area contributed by atoms with Crippen molar-refractivity contribution in [1.29, 1.82) is 0 Å². The number of benzene rings is 1. The van der Waals surface area contributed by atoms with Crippen LogP contribution >= 0.6 is 0 Å². The Labute approximate surface area is 109 Å². The van der Waals surface area contributed by atoms with Crippen LogP contribution in [0.15, 0.2) is 24.3 Å². The van der Waals surface area contributed by atoms with Crippen molar-refractivity contribution in [2.45, 2.75) is 50.5 Å². The quantitative estimate of drug-likeness (QED) is 0.777. The fourth-order valence-corrected chi connectivity index (χ4v) is 2.64. The Morgan fingerprint density at radius 1 is 1.17 bits per heavy atom. The van der Waals surface area contributed by atoms with Gasteiger partial charge in [0.1, 0.15) is 0 Å². The average Bonchev–Trinajstić information content (AvgIpc) is 3.11. The first-order valence-electron chi connectivity index (χ1n) is 7.20. The first kappa shape index (κ1) is 11.9. The predicted octanol–water partition coefficient (Wildman–Crippen LogP) is 3.28. The molecule has 0 bridgehead atoms. The second kappa shape index (κ2) is 5.23. The van der Waals surface area contributed by atoms with Crippen molar-refractivity contribution in [3.63, 3.8) is 0 Å². The van der Waals surface area contributed by atoms with Crippen molar-refractivity contribution < 1.29 is 4.79 Å². The maximum Gasteiger partial charge on any atom is 0.164 e. The van der Waals surface area contributed by atoms with Gasteiger partial charge < -0.3 is 5.32 Å². The summed E-state index contributed by atoms with van der Waals surface area (Å²) in [6.45, 7) is 0.836. The molecule has 2 aliphatic rings. The molecule has 0 amide bonds. The van der Waals surface area contributed by atoms with Crippen molar-refractivity contribution in [3.8, 4) is 0 Å². The molecule has 1 aromatic carbocycles. The third-order valence-corrected chi connectivity index (χ3v) is 4.17. The minimum Gasteiger partial charge on any atom is -0.314 e. The summed E-state index contributed by atoms with van der Waals surface area (Å²) >= 11 is 0. The lowest BCUT2D eigenvalue weighted by molar-refractivity contribution is 0.0980. The molecule has 1 aromatic rings. The van der Waals surface area contributed by atoms with Crippen LogP contribution in [0.3, 0.4) is 0 Å². The minimum absolute atomic E-state index is 0.311. The number of ketones is 1. The van der Waals surface area contributed by atoms with E-state index in [1.54, 1.807) is 0 Å². The topological polar surface area (TPSA) is 29.1 Å². The van der Waals surface area contributed by atoms with Gasteiger partial charge in [-0.3, -0.25) is 4.79 Å². The summed E-state index contributed by atoms with van der Waals surface area (Å²) in [7, 11) is 0. The minimum atomic E-state index is 0.311. The van der Waals surface area contributed by atoms with Crippen LogP contribution in [0.1, 0.15) is 60.4 Å². The molecule has 0 saturated heterocycles. The van der Waals surface area contributed by atoms with Crippen molar-refractivity contribution in [3.05, 3.63) is 35.4 Å². The summed E-state index contributed by atoms with van der Waals surface area (Å²) in [6.07, 6.45) is 7.03. The average molecular weight is 243 g/mol. The Balaban J connectivity index is 1.63. The molecule has 0 heterocycles. The third-order valence-electron chi connectivity index (χ3n) is 4.17. The van der Waals surface area contributed by atoms with E-state index < -0.39 is 0 Å². The van der Waals surface area contributed by atoms with Gasteiger partial charge in [-0.05, 0) is 37.2 Å². The second-order valence-corrected chi connectivity index (χ2v) is 5.62. The van der Waals surface area contributed by atoms with E-state index in [1.165, 1.54) is 37.7 Å². The predicted molar refractivity (Wildman–Crippen MR) is 73.0 cm³/mol. The van der Waals surface area contributed by atoms with Gasteiger partial charge in [-0.2, -0.15) is 0 Å². The van der Waals surface area contributed by atoms with Crippen molar-refractivity contribution in [1.82, 2.24) is 5.32 Å². The van der Waals surface area contributed by atoms with Crippen LogP contribution in [-0.2, 0) is 0 Å². The summed E-state index contributed by atoms with van der Waals surface area (Å²) in [4.78, 5) is 12.3. The van der Waals surface area contributed by atoms with E-state index in [4.69, 9.17) is 0 Å². The Hall–Kier alpha value is -1.15. The van der Waals surface area contributed by atoms with E-state index >= 15 is 0 Å². The van der Waals surface area contributed by atoms with Gasteiger partial charge in [-0.1, -0.05) is 30.7 Å². The van der Waals surface area contributed by atoms with Crippen LogP contribution in [0, 0.1) is 0 Å². The van der Waals surface area contributed by atoms with Gasteiger partial charge in [0.25, 0.3) is 0 Å². The molecule has 2 saturated carbocycles. The van der Waals surface area contributed by atoms with Crippen LogP contribution in [0.4, 0.5) is 0 Å². The fraction of sp³-hybridized carbons (Fsp3) is 0.562. The van der Waals surface area contributed by atoms with Gasteiger partial charge in [-0.25, -0.2) is 0 Å². The molecule has 0 aromatic heterocycles. The Morgan fingerprint density at radius 3 is 2.61 bits per heavy atom. The second-order valence-electron chi connectivity index (χ2n) is 5.62. The van der Waals surface area contributed by atoms with Gasteiger partial charge >= 0.3 is 0 Å². The van der Waals surface area contributed by atoms with E-state index in [0.29, 0.717) is 24.2 Å². The molecule has 2 aliphatic carbocycles. The van der Waals surface area contributed by atoms with Crippen LogP contribution in [-0.4, -0.2) is 18.4 Å². The van der Waals surface area contributed by atoms with E-state index in [0.717, 1.165) is 12.1 Å². The highest BCUT2D eigenvalue weighted by Gasteiger charge is 2.24. The van der Waals surface area contributed by atoms with Crippen LogP contribution in [0.25, 0.3) is 0 Å². The van der Waals surface area contributed by atoms with E-state index in [1.807, 2.05) is 12.1 Å². The molecule has 18 heavy (non-hydrogen) atoms. The van der Waals surface area contributed by atoms with E-state index in [9.17, 15) is 4.79 Å². The fourth-order valence-electron chi connectivity index (χ4n) is 2.64. The number of hydrogen-bond donors (Lipinski definition) is 1. The maximum atomic E-state index is 12.3. The monoisotopic (exact) mass is 243 g/mol. The van der Waals surface area contributed by atoms with Gasteiger partial charge in [0.05, 0.1) is 0 Å². The molecule has 0 atom stereocenters.